The van der Waals surface area contributed by atoms with Crippen LogP contribution in [-0.2, 0) is 13.1 Å². The average molecular weight is 277 g/mol. The summed E-state index contributed by atoms with van der Waals surface area (Å²) >= 11 is 0. The van der Waals surface area contributed by atoms with Crippen molar-refractivity contribution < 1.29 is 9.67 Å². The van der Waals surface area contributed by atoms with Crippen molar-refractivity contribution in [3.05, 3.63) is 34.7 Å². The molecule has 0 radical (unpaired) electrons. The van der Waals surface area contributed by atoms with Crippen LogP contribution < -0.4 is 15.4 Å². The predicted octanol–water partition coefficient (Wildman–Crippen LogP) is -0.259. The number of hydrogen-bond acceptors (Lipinski definition) is 4. The number of rotatable bonds is 0. The molecule has 0 saturated carbocycles. The normalized spacial score (nSPS) is 12.8. The molecule has 7 heteroatoms. The SMILES string of the molecule is Cl.O=c1nc([O-])c2nc3ccccc3[n+]3c2n1CC3. The minimum atomic E-state index is -0.548. The van der Waals surface area contributed by atoms with Gasteiger partial charge in [0.05, 0.1) is 0 Å². The molecule has 1 aliphatic rings. The quantitative estimate of drug-likeness (QED) is 0.419. The van der Waals surface area contributed by atoms with Crippen LogP contribution in [0.25, 0.3) is 22.2 Å². The van der Waals surface area contributed by atoms with E-state index in [2.05, 4.69) is 9.97 Å². The molecule has 0 bridgehead atoms. The highest BCUT2D eigenvalue weighted by Gasteiger charge is 2.27. The van der Waals surface area contributed by atoms with E-state index in [0.29, 0.717) is 18.7 Å². The Morgan fingerprint density at radius 2 is 2.05 bits per heavy atom. The van der Waals surface area contributed by atoms with Crippen LogP contribution in [-0.4, -0.2) is 14.5 Å². The van der Waals surface area contributed by atoms with E-state index in [4.69, 9.17) is 0 Å². The molecule has 0 amide bonds. The molecule has 3 aromatic rings. The van der Waals surface area contributed by atoms with Crippen LogP contribution in [0.3, 0.4) is 0 Å². The Bertz CT molecular complexity index is 875. The van der Waals surface area contributed by atoms with Gasteiger partial charge in [-0.2, -0.15) is 9.55 Å². The summed E-state index contributed by atoms with van der Waals surface area (Å²) in [5, 5.41) is 11.8. The van der Waals surface area contributed by atoms with Crippen molar-refractivity contribution in [1.29, 1.82) is 0 Å². The van der Waals surface area contributed by atoms with Gasteiger partial charge in [0.1, 0.15) is 18.6 Å². The van der Waals surface area contributed by atoms with Crippen LogP contribution in [0.2, 0.25) is 0 Å². The fraction of sp³-hybridized carbons (Fsp3) is 0.167. The van der Waals surface area contributed by atoms with E-state index >= 15 is 0 Å². The Labute approximate surface area is 113 Å². The number of nitrogens with zero attached hydrogens (tertiary/aromatic N) is 4. The molecule has 0 saturated heterocycles. The maximum atomic E-state index is 11.8. The molecule has 0 N–H and O–H groups in total. The average Bonchev–Trinajstić information content (AvgIpc) is 2.81. The molecule has 1 aromatic carbocycles. The van der Waals surface area contributed by atoms with Gasteiger partial charge in [0.2, 0.25) is 0 Å². The second kappa shape index (κ2) is 3.89. The highest BCUT2D eigenvalue weighted by atomic mass is 35.5. The molecule has 0 aliphatic carbocycles. The molecule has 0 fully saturated rings. The molecule has 96 valence electrons. The molecule has 3 heterocycles. The number of fused-ring (bicyclic) bond motifs is 2. The van der Waals surface area contributed by atoms with E-state index < -0.39 is 11.6 Å². The topological polar surface area (TPSA) is 74.7 Å². The van der Waals surface area contributed by atoms with Crippen LogP contribution in [0.1, 0.15) is 0 Å². The third-order valence-corrected chi connectivity index (χ3v) is 3.31. The van der Waals surface area contributed by atoms with E-state index in [1.165, 1.54) is 4.57 Å². The van der Waals surface area contributed by atoms with Gasteiger partial charge in [-0.25, -0.2) is 14.3 Å². The number of hydrogen-bond donors (Lipinski definition) is 0. The molecule has 0 spiro atoms. The van der Waals surface area contributed by atoms with Crippen LogP contribution in [0.4, 0.5) is 0 Å². The van der Waals surface area contributed by atoms with Gasteiger partial charge in [-0.15, -0.1) is 12.4 Å². The second-order valence-corrected chi connectivity index (χ2v) is 4.28. The van der Waals surface area contributed by atoms with Crippen molar-refractivity contribution >= 4 is 34.6 Å². The van der Waals surface area contributed by atoms with Crippen LogP contribution in [0.15, 0.2) is 29.1 Å². The molecule has 1 aliphatic heterocycles. The second-order valence-electron chi connectivity index (χ2n) is 4.28. The highest BCUT2D eigenvalue weighted by molar-refractivity contribution is 5.85. The fourth-order valence-electron chi connectivity index (χ4n) is 2.54. The molecular weight excluding hydrogens is 268 g/mol. The Hall–Kier alpha value is -2.21. The number of aryl methyl sites for hydroxylation is 2. The minimum absolute atomic E-state index is 0. The zero-order valence-electron chi connectivity index (χ0n) is 9.74. The van der Waals surface area contributed by atoms with E-state index in [1.54, 1.807) is 0 Å². The molecule has 6 nitrogen and oxygen atoms in total. The summed E-state index contributed by atoms with van der Waals surface area (Å²) in [5.41, 5.74) is 2.04. The van der Waals surface area contributed by atoms with Crippen molar-refractivity contribution in [3.8, 4) is 5.88 Å². The fourth-order valence-corrected chi connectivity index (χ4v) is 2.54. The minimum Gasteiger partial charge on any atom is -0.857 e. The monoisotopic (exact) mass is 276 g/mol. The summed E-state index contributed by atoms with van der Waals surface area (Å²) in [6.45, 7) is 1.21. The van der Waals surface area contributed by atoms with Gasteiger partial charge in [0.25, 0.3) is 0 Å². The Kier molecular flexibility index (Phi) is 2.43. The summed E-state index contributed by atoms with van der Waals surface area (Å²) in [5.74, 6) is -0.548. The summed E-state index contributed by atoms with van der Waals surface area (Å²) in [6, 6.07) is 7.58. The predicted molar refractivity (Wildman–Crippen MR) is 68.2 cm³/mol. The summed E-state index contributed by atoms with van der Waals surface area (Å²) in [4.78, 5) is 19.5. The third kappa shape index (κ3) is 1.43. The van der Waals surface area contributed by atoms with Crippen LogP contribution in [0.5, 0.6) is 5.88 Å². The summed E-state index contributed by atoms with van der Waals surface area (Å²) < 4.78 is 3.47. The van der Waals surface area contributed by atoms with E-state index in [1.807, 2.05) is 28.8 Å². The number of para-hydroxylation sites is 2. The van der Waals surface area contributed by atoms with Crippen molar-refractivity contribution in [2.45, 2.75) is 13.1 Å². The van der Waals surface area contributed by atoms with Gasteiger partial charge >= 0.3 is 11.3 Å². The van der Waals surface area contributed by atoms with Crippen molar-refractivity contribution in [2.24, 2.45) is 0 Å². The third-order valence-electron chi connectivity index (χ3n) is 3.31. The first-order chi connectivity index (χ1) is 8.75. The lowest BCUT2D eigenvalue weighted by Crippen LogP contribution is -2.33. The maximum absolute atomic E-state index is 11.8. The van der Waals surface area contributed by atoms with Crippen molar-refractivity contribution in [1.82, 2.24) is 14.5 Å². The van der Waals surface area contributed by atoms with Gasteiger partial charge in [-0.1, -0.05) is 12.1 Å². The molecular formula is C12H9ClN4O2. The lowest BCUT2D eigenvalue weighted by Gasteiger charge is -2.07. The highest BCUT2D eigenvalue weighted by Crippen LogP contribution is 2.19. The zero-order valence-corrected chi connectivity index (χ0v) is 10.6. The summed E-state index contributed by atoms with van der Waals surface area (Å²) in [7, 11) is 0. The van der Waals surface area contributed by atoms with Gasteiger partial charge in [-0.05, 0) is 12.1 Å². The number of halogens is 1. The molecule has 2 aromatic heterocycles. The van der Waals surface area contributed by atoms with Gasteiger partial charge in [0, 0.05) is 5.88 Å². The smallest absolute Gasteiger partial charge is 0.434 e. The van der Waals surface area contributed by atoms with Crippen LogP contribution >= 0.6 is 12.4 Å². The van der Waals surface area contributed by atoms with E-state index in [9.17, 15) is 9.90 Å². The lowest BCUT2D eigenvalue weighted by molar-refractivity contribution is -0.637. The Balaban J connectivity index is 0.00000110. The molecule has 0 unspecified atom stereocenters. The van der Waals surface area contributed by atoms with Gasteiger partial charge in [0.15, 0.2) is 11.0 Å². The molecule has 4 rings (SSSR count). The van der Waals surface area contributed by atoms with E-state index in [0.717, 1.165) is 11.0 Å². The van der Waals surface area contributed by atoms with Crippen LogP contribution in [0, 0.1) is 0 Å². The largest absolute Gasteiger partial charge is 0.857 e. The summed E-state index contributed by atoms with van der Waals surface area (Å²) in [6.07, 6.45) is 0. The first-order valence-electron chi connectivity index (χ1n) is 5.66. The zero-order chi connectivity index (χ0) is 12.3. The Morgan fingerprint density at radius 3 is 2.89 bits per heavy atom. The first kappa shape index (κ1) is 11.9. The molecule has 0 atom stereocenters. The van der Waals surface area contributed by atoms with Crippen molar-refractivity contribution in [2.75, 3.05) is 0 Å². The first-order valence-corrected chi connectivity index (χ1v) is 5.66. The lowest BCUT2D eigenvalue weighted by atomic mass is 10.3. The van der Waals surface area contributed by atoms with Gasteiger partial charge < -0.3 is 5.11 Å². The number of benzene rings is 1. The number of aromatic nitrogens is 4. The van der Waals surface area contributed by atoms with Gasteiger partial charge in [-0.3, -0.25) is 0 Å². The maximum Gasteiger partial charge on any atom is 0.434 e. The van der Waals surface area contributed by atoms with E-state index in [-0.39, 0.29) is 17.9 Å². The standard InChI is InChI=1S/C12H8N4O2.ClH/c17-10-9-11-15(5-6-16(11)12(18)14-10)8-4-2-1-3-7(8)13-9;/h1-4H,5-6H2;1H. The Morgan fingerprint density at radius 1 is 1.26 bits per heavy atom. The van der Waals surface area contributed by atoms with Crippen molar-refractivity contribution in [3.63, 3.8) is 0 Å². The molecule has 19 heavy (non-hydrogen) atoms.